The Bertz CT molecular complexity index is 429. The maximum absolute atomic E-state index is 13.2. The van der Waals surface area contributed by atoms with Crippen LogP contribution in [0, 0.1) is 15.9 Å². The third-order valence-corrected chi connectivity index (χ3v) is 2.59. The molecule has 0 heterocycles. The van der Waals surface area contributed by atoms with Gasteiger partial charge in [-0.05, 0) is 13.1 Å². The van der Waals surface area contributed by atoms with E-state index in [0.717, 1.165) is 19.2 Å². The normalized spacial score (nSPS) is 10.7. The molecule has 1 rings (SSSR count). The van der Waals surface area contributed by atoms with Gasteiger partial charge < -0.3 is 15.0 Å². The number of non-ortho nitro benzene ring substituents is 1. The minimum Gasteiger partial charge on any atom is -0.383 e. The number of nitro groups is 1. The van der Waals surface area contributed by atoms with E-state index in [4.69, 9.17) is 4.74 Å². The summed E-state index contributed by atoms with van der Waals surface area (Å²) in [6, 6.07) is 3.45. The van der Waals surface area contributed by atoms with Crippen molar-refractivity contribution in [3.63, 3.8) is 0 Å². The van der Waals surface area contributed by atoms with Gasteiger partial charge in [0, 0.05) is 38.5 Å². The number of anilines is 1. The second-order valence-corrected chi connectivity index (χ2v) is 4.18. The highest BCUT2D eigenvalue weighted by molar-refractivity contribution is 5.51. The van der Waals surface area contributed by atoms with E-state index in [2.05, 4.69) is 5.32 Å². The quantitative estimate of drug-likeness (QED) is 0.576. The second-order valence-electron chi connectivity index (χ2n) is 4.18. The van der Waals surface area contributed by atoms with E-state index >= 15 is 0 Å². The van der Waals surface area contributed by atoms with Crippen molar-refractivity contribution in [2.45, 2.75) is 0 Å². The Kier molecular flexibility index (Phi) is 6.17. The number of nitro benzene ring substituents is 1. The molecule has 0 radical (unpaired) electrons. The van der Waals surface area contributed by atoms with Crippen molar-refractivity contribution >= 4 is 11.4 Å². The number of methoxy groups -OCH3 is 1. The number of benzene rings is 1. The number of hydrogen-bond donors (Lipinski definition) is 1. The van der Waals surface area contributed by atoms with Crippen LogP contribution in [0.4, 0.5) is 15.8 Å². The average Bonchev–Trinajstić information content (AvgIpc) is 2.35. The Morgan fingerprint density at radius 3 is 2.79 bits per heavy atom. The number of nitrogens with one attached hydrogen (secondary N) is 1. The van der Waals surface area contributed by atoms with Crippen LogP contribution >= 0.6 is 0 Å². The summed E-state index contributed by atoms with van der Waals surface area (Å²) >= 11 is 0. The standard InChI is InChI=1S/C12H18FN3O3/c1-15(5-6-19-2)4-3-14-11-7-10(13)8-12(9-11)16(17)18/h7-9,14H,3-6H2,1-2H3. The van der Waals surface area contributed by atoms with Gasteiger partial charge in [-0.1, -0.05) is 0 Å². The van der Waals surface area contributed by atoms with Crippen LogP contribution in [0.2, 0.25) is 0 Å². The van der Waals surface area contributed by atoms with E-state index in [9.17, 15) is 14.5 Å². The third kappa shape index (κ3) is 5.62. The molecule has 0 amide bonds. The molecule has 19 heavy (non-hydrogen) atoms. The number of halogens is 1. The van der Waals surface area contributed by atoms with Crippen molar-refractivity contribution in [3.05, 3.63) is 34.1 Å². The molecule has 7 heteroatoms. The molecule has 0 aliphatic rings. The lowest BCUT2D eigenvalue weighted by atomic mass is 10.2. The Morgan fingerprint density at radius 2 is 2.16 bits per heavy atom. The van der Waals surface area contributed by atoms with Gasteiger partial charge in [0.25, 0.3) is 5.69 Å². The van der Waals surface area contributed by atoms with Crippen LogP contribution < -0.4 is 5.32 Å². The first-order valence-corrected chi connectivity index (χ1v) is 5.89. The number of rotatable bonds is 8. The molecule has 0 unspecified atom stereocenters. The molecule has 0 aliphatic carbocycles. The SMILES string of the molecule is COCCN(C)CCNc1cc(F)cc([N+](=O)[O-])c1. The molecule has 6 nitrogen and oxygen atoms in total. The second kappa shape index (κ2) is 7.65. The zero-order valence-corrected chi connectivity index (χ0v) is 11.1. The van der Waals surface area contributed by atoms with Gasteiger partial charge in [-0.15, -0.1) is 0 Å². The smallest absolute Gasteiger partial charge is 0.274 e. The summed E-state index contributed by atoms with van der Waals surface area (Å²) in [5.41, 5.74) is 0.155. The maximum atomic E-state index is 13.2. The van der Waals surface area contributed by atoms with Crippen LogP contribution in [0.3, 0.4) is 0 Å². The molecule has 0 aliphatic heterocycles. The van der Waals surface area contributed by atoms with E-state index in [1.54, 1.807) is 7.11 Å². The van der Waals surface area contributed by atoms with Crippen LogP contribution in [0.5, 0.6) is 0 Å². The number of nitrogens with zero attached hydrogens (tertiary/aromatic N) is 2. The third-order valence-electron chi connectivity index (χ3n) is 2.59. The molecule has 0 atom stereocenters. The van der Waals surface area contributed by atoms with Gasteiger partial charge in [0.15, 0.2) is 0 Å². The first-order valence-electron chi connectivity index (χ1n) is 5.89. The average molecular weight is 271 g/mol. The zero-order chi connectivity index (χ0) is 14.3. The van der Waals surface area contributed by atoms with E-state index in [-0.39, 0.29) is 5.69 Å². The summed E-state index contributed by atoms with van der Waals surface area (Å²) in [6.45, 7) is 2.73. The van der Waals surface area contributed by atoms with Gasteiger partial charge in [-0.25, -0.2) is 4.39 Å². The van der Waals surface area contributed by atoms with E-state index in [1.807, 2.05) is 11.9 Å². The van der Waals surface area contributed by atoms with E-state index < -0.39 is 10.7 Å². The summed E-state index contributed by atoms with van der Waals surface area (Å²) in [5, 5.41) is 13.6. The van der Waals surface area contributed by atoms with E-state index in [0.29, 0.717) is 18.8 Å². The molecule has 1 aromatic carbocycles. The van der Waals surface area contributed by atoms with Crippen molar-refractivity contribution < 1.29 is 14.1 Å². The van der Waals surface area contributed by atoms with Crippen molar-refractivity contribution in [1.29, 1.82) is 0 Å². The highest BCUT2D eigenvalue weighted by Crippen LogP contribution is 2.19. The Morgan fingerprint density at radius 1 is 1.42 bits per heavy atom. The lowest BCUT2D eigenvalue weighted by Crippen LogP contribution is -2.28. The van der Waals surface area contributed by atoms with Crippen LogP contribution in [0.25, 0.3) is 0 Å². The van der Waals surface area contributed by atoms with Gasteiger partial charge in [0.1, 0.15) is 5.82 Å². The summed E-state index contributed by atoms with van der Waals surface area (Å²) in [7, 11) is 3.58. The molecule has 0 fully saturated rings. The van der Waals surface area contributed by atoms with Gasteiger partial charge in [-0.2, -0.15) is 0 Å². The minimum absolute atomic E-state index is 0.254. The van der Waals surface area contributed by atoms with Crippen molar-refractivity contribution in [3.8, 4) is 0 Å². The van der Waals surface area contributed by atoms with Crippen molar-refractivity contribution in [2.24, 2.45) is 0 Å². The number of ether oxygens (including phenoxy) is 1. The molecule has 0 spiro atoms. The Balaban J connectivity index is 2.47. The predicted molar refractivity (Wildman–Crippen MR) is 70.9 cm³/mol. The fraction of sp³-hybridized carbons (Fsp3) is 0.500. The number of hydrogen-bond acceptors (Lipinski definition) is 5. The molecule has 1 aromatic rings. The van der Waals surface area contributed by atoms with Crippen LogP contribution in [0.1, 0.15) is 0 Å². The summed E-state index contributed by atoms with van der Waals surface area (Å²) in [6.07, 6.45) is 0. The minimum atomic E-state index is -0.621. The first-order chi connectivity index (χ1) is 9.02. The van der Waals surface area contributed by atoms with Gasteiger partial charge in [0.05, 0.1) is 17.6 Å². The summed E-state index contributed by atoms with van der Waals surface area (Å²) in [4.78, 5) is 12.0. The highest BCUT2D eigenvalue weighted by atomic mass is 19.1. The van der Waals surface area contributed by atoms with Crippen LogP contribution in [0.15, 0.2) is 18.2 Å². The summed E-state index contributed by atoms with van der Waals surface area (Å²) < 4.78 is 18.1. The largest absolute Gasteiger partial charge is 0.383 e. The highest BCUT2D eigenvalue weighted by Gasteiger charge is 2.09. The molecule has 0 saturated carbocycles. The van der Waals surface area contributed by atoms with Crippen LogP contribution in [-0.2, 0) is 4.74 Å². The van der Waals surface area contributed by atoms with Gasteiger partial charge in [-0.3, -0.25) is 10.1 Å². The van der Waals surface area contributed by atoms with Crippen LogP contribution in [-0.4, -0.2) is 50.2 Å². The van der Waals surface area contributed by atoms with Gasteiger partial charge >= 0.3 is 0 Å². The molecule has 0 bridgehead atoms. The Hall–Kier alpha value is -1.73. The fourth-order valence-corrected chi connectivity index (χ4v) is 1.53. The first kappa shape index (κ1) is 15.3. The zero-order valence-electron chi connectivity index (χ0n) is 11.1. The Labute approximate surface area is 111 Å². The monoisotopic (exact) mass is 271 g/mol. The summed E-state index contributed by atoms with van der Waals surface area (Å²) in [5.74, 6) is -0.621. The molecule has 106 valence electrons. The molecular weight excluding hydrogens is 253 g/mol. The fourth-order valence-electron chi connectivity index (χ4n) is 1.53. The topological polar surface area (TPSA) is 67.6 Å². The molecule has 0 saturated heterocycles. The molecular formula is C12H18FN3O3. The van der Waals surface area contributed by atoms with Gasteiger partial charge in [0.2, 0.25) is 0 Å². The number of likely N-dealkylation sites (N-methyl/N-ethyl adjacent to an activating group) is 1. The lowest BCUT2D eigenvalue weighted by molar-refractivity contribution is -0.385. The van der Waals surface area contributed by atoms with E-state index in [1.165, 1.54) is 12.1 Å². The lowest BCUT2D eigenvalue weighted by Gasteiger charge is -2.16. The van der Waals surface area contributed by atoms with Crippen molar-refractivity contribution in [1.82, 2.24) is 4.90 Å². The van der Waals surface area contributed by atoms with Crippen molar-refractivity contribution in [2.75, 3.05) is 45.7 Å². The molecule has 1 N–H and O–H groups in total. The predicted octanol–water partition coefficient (Wildman–Crippen LogP) is 1.72. The molecule has 0 aromatic heterocycles. The maximum Gasteiger partial charge on any atom is 0.274 e.